The third kappa shape index (κ3) is 3.37. The van der Waals surface area contributed by atoms with E-state index < -0.39 is 11.6 Å². The van der Waals surface area contributed by atoms with Gasteiger partial charge in [0.25, 0.3) is 0 Å². The summed E-state index contributed by atoms with van der Waals surface area (Å²) in [7, 11) is 1.74. The van der Waals surface area contributed by atoms with Crippen LogP contribution in [0.15, 0.2) is 40.9 Å². The SMILES string of the molecule is CNC(Cc1c(F)cccc1F)c1cc(Br)ccc1Cl. The highest BCUT2D eigenvalue weighted by atomic mass is 79.9. The summed E-state index contributed by atoms with van der Waals surface area (Å²) < 4.78 is 28.3. The molecule has 0 saturated heterocycles. The molecule has 0 aliphatic rings. The Morgan fingerprint density at radius 3 is 2.45 bits per heavy atom. The van der Waals surface area contributed by atoms with Gasteiger partial charge in [0.2, 0.25) is 0 Å². The second kappa shape index (κ2) is 6.66. The van der Waals surface area contributed by atoms with Crippen molar-refractivity contribution in [1.82, 2.24) is 5.32 Å². The number of hydrogen-bond donors (Lipinski definition) is 1. The second-order valence-electron chi connectivity index (χ2n) is 4.41. The van der Waals surface area contributed by atoms with E-state index >= 15 is 0 Å². The normalized spacial score (nSPS) is 12.4. The summed E-state index contributed by atoms with van der Waals surface area (Å²) in [6, 6.07) is 9.02. The van der Waals surface area contributed by atoms with Crippen LogP contribution in [0, 0.1) is 11.6 Å². The second-order valence-corrected chi connectivity index (χ2v) is 5.73. The predicted molar refractivity (Wildman–Crippen MR) is 81.0 cm³/mol. The molecule has 0 aliphatic carbocycles. The van der Waals surface area contributed by atoms with Gasteiger partial charge in [-0.1, -0.05) is 33.6 Å². The average Bonchev–Trinajstić information content (AvgIpc) is 2.42. The van der Waals surface area contributed by atoms with Crippen LogP contribution in [0.4, 0.5) is 8.78 Å². The molecule has 5 heteroatoms. The van der Waals surface area contributed by atoms with Crippen molar-refractivity contribution in [3.63, 3.8) is 0 Å². The van der Waals surface area contributed by atoms with Gasteiger partial charge in [0.15, 0.2) is 0 Å². The maximum absolute atomic E-state index is 13.7. The average molecular weight is 361 g/mol. The van der Waals surface area contributed by atoms with Gasteiger partial charge < -0.3 is 5.32 Å². The Morgan fingerprint density at radius 1 is 1.20 bits per heavy atom. The molecule has 0 spiro atoms. The highest BCUT2D eigenvalue weighted by Gasteiger charge is 2.18. The molecule has 0 fully saturated rings. The third-order valence-corrected chi connectivity index (χ3v) is 3.99. The molecule has 20 heavy (non-hydrogen) atoms. The lowest BCUT2D eigenvalue weighted by atomic mass is 9.98. The molecule has 0 saturated carbocycles. The minimum atomic E-state index is -0.545. The minimum absolute atomic E-state index is 0.0582. The van der Waals surface area contributed by atoms with Crippen molar-refractivity contribution >= 4 is 27.5 Å². The highest BCUT2D eigenvalue weighted by Crippen LogP contribution is 2.29. The first kappa shape index (κ1) is 15.4. The third-order valence-electron chi connectivity index (χ3n) is 3.15. The van der Waals surface area contributed by atoms with Crippen LogP contribution in [0.5, 0.6) is 0 Å². The lowest BCUT2D eigenvalue weighted by Crippen LogP contribution is -2.20. The minimum Gasteiger partial charge on any atom is -0.313 e. The molecule has 0 aromatic heterocycles. The number of halogens is 4. The molecule has 1 unspecified atom stereocenters. The van der Waals surface area contributed by atoms with Crippen molar-refractivity contribution in [2.75, 3.05) is 7.05 Å². The Morgan fingerprint density at radius 2 is 1.85 bits per heavy atom. The first-order valence-corrected chi connectivity index (χ1v) is 7.25. The van der Waals surface area contributed by atoms with Crippen molar-refractivity contribution in [1.29, 1.82) is 0 Å². The van der Waals surface area contributed by atoms with Crippen LogP contribution in [0.25, 0.3) is 0 Å². The predicted octanol–water partition coefficient (Wildman–Crippen LogP) is 4.88. The fourth-order valence-corrected chi connectivity index (χ4v) is 2.71. The van der Waals surface area contributed by atoms with Gasteiger partial charge in [-0.2, -0.15) is 0 Å². The molecule has 106 valence electrons. The van der Waals surface area contributed by atoms with Crippen LogP contribution in [0.1, 0.15) is 17.2 Å². The molecule has 0 bridgehead atoms. The molecule has 2 rings (SSSR count). The first-order chi connectivity index (χ1) is 9.52. The summed E-state index contributed by atoms with van der Waals surface area (Å²) in [5.74, 6) is -1.09. The first-order valence-electron chi connectivity index (χ1n) is 6.08. The van der Waals surface area contributed by atoms with E-state index in [-0.39, 0.29) is 18.0 Å². The molecule has 2 aromatic carbocycles. The largest absolute Gasteiger partial charge is 0.313 e. The van der Waals surface area contributed by atoms with Crippen molar-refractivity contribution in [3.05, 3.63) is 68.7 Å². The summed E-state index contributed by atoms with van der Waals surface area (Å²) >= 11 is 9.54. The molecule has 1 atom stereocenters. The molecule has 1 nitrogen and oxygen atoms in total. The fraction of sp³-hybridized carbons (Fsp3) is 0.200. The van der Waals surface area contributed by atoms with Gasteiger partial charge in [0.1, 0.15) is 11.6 Å². The Labute approximate surface area is 130 Å². The van der Waals surface area contributed by atoms with Crippen LogP contribution in [-0.2, 0) is 6.42 Å². The maximum atomic E-state index is 13.7. The number of benzene rings is 2. The molecule has 0 radical (unpaired) electrons. The number of nitrogens with one attached hydrogen (secondary N) is 1. The van der Waals surface area contributed by atoms with Gasteiger partial charge >= 0.3 is 0 Å². The summed E-state index contributed by atoms with van der Waals surface area (Å²) in [6.07, 6.45) is 0.186. The summed E-state index contributed by atoms with van der Waals surface area (Å²) in [5, 5.41) is 3.61. The van der Waals surface area contributed by atoms with E-state index in [0.29, 0.717) is 5.02 Å². The van der Waals surface area contributed by atoms with Crippen LogP contribution >= 0.6 is 27.5 Å². The van der Waals surface area contributed by atoms with Crippen LogP contribution in [0.3, 0.4) is 0 Å². The van der Waals surface area contributed by atoms with Crippen LogP contribution in [-0.4, -0.2) is 7.05 Å². The van der Waals surface area contributed by atoms with Gasteiger partial charge in [0, 0.05) is 21.1 Å². The molecule has 0 aliphatic heterocycles. The molecule has 1 N–H and O–H groups in total. The van der Waals surface area contributed by atoms with E-state index in [4.69, 9.17) is 11.6 Å². The fourth-order valence-electron chi connectivity index (χ4n) is 2.08. The molecule has 0 amide bonds. The van der Waals surface area contributed by atoms with Gasteiger partial charge in [-0.25, -0.2) is 8.78 Å². The smallest absolute Gasteiger partial charge is 0.129 e. The molecule has 2 aromatic rings. The molecule has 0 heterocycles. The Hall–Kier alpha value is -0.970. The molecular formula is C15H13BrClF2N. The highest BCUT2D eigenvalue weighted by molar-refractivity contribution is 9.10. The Kier molecular flexibility index (Phi) is 5.13. The van der Waals surface area contributed by atoms with Crippen molar-refractivity contribution < 1.29 is 8.78 Å². The maximum Gasteiger partial charge on any atom is 0.129 e. The van der Waals surface area contributed by atoms with Crippen molar-refractivity contribution in [3.8, 4) is 0 Å². The van der Waals surface area contributed by atoms with Crippen LogP contribution in [0.2, 0.25) is 5.02 Å². The zero-order valence-electron chi connectivity index (χ0n) is 10.8. The van der Waals surface area contributed by atoms with E-state index in [1.807, 2.05) is 12.1 Å². The van der Waals surface area contributed by atoms with E-state index in [9.17, 15) is 8.78 Å². The van der Waals surface area contributed by atoms with Crippen molar-refractivity contribution in [2.24, 2.45) is 0 Å². The zero-order valence-corrected chi connectivity index (χ0v) is 13.1. The van der Waals surface area contributed by atoms with E-state index in [1.165, 1.54) is 18.2 Å². The van der Waals surface area contributed by atoms with Crippen LogP contribution < -0.4 is 5.32 Å². The Bertz CT molecular complexity index is 599. The van der Waals surface area contributed by atoms with E-state index in [1.54, 1.807) is 13.1 Å². The zero-order chi connectivity index (χ0) is 14.7. The number of rotatable bonds is 4. The lowest BCUT2D eigenvalue weighted by molar-refractivity contribution is 0.515. The topological polar surface area (TPSA) is 12.0 Å². The van der Waals surface area contributed by atoms with Gasteiger partial charge in [-0.15, -0.1) is 0 Å². The number of hydrogen-bond acceptors (Lipinski definition) is 1. The van der Waals surface area contributed by atoms with E-state index in [2.05, 4.69) is 21.2 Å². The summed E-state index contributed by atoms with van der Waals surface area (Å²) in [4.78, 5) is 0. The lowest BCUT2D eigenvalue weighted by Gasteiger charge is -2.19. The number of likely N-dealkylation sites (N-methyl/N-ethyl adjacent to an activating group) is 1. The molecular weight excluding hydrogens is 348 g/mol. The van der Waals surface area contributed by atoms with E-state index in [0.717, 1.165) is 10.0 Å². The quantitative estimate of drug-likeness (QED) is 0.819. The van der Waals surface area contributed by atoms with Crippen molar-refractivity contribution in [2.45, 2.75) is 12.5 Å². The standard InChI is InChI=1S/C15H13BrClF2N/c1-20-15(10-7-9(16)5-6-12(10)17)8-11-13(18)3-2-4-14(11)19/h2-7,15,20H,8H2,1H3. The monoisotopic (exact) mass is 359 g/mol. The Balaban J connectivity index is 2.36. The van der Waals surface area contributed by atoms with Gasteiger partial charge in [0.05, 0.1) is 0 Å². The van der Waals surface area contributed by atoms with Gasteiger partial charge in [-0.05, 0) is 49.4 Å². The summed E-state index contributed by atoms with van der Waals surface area (Å²) in [5.41, 5.74) is 0.856. The van der Waals surface area contributed by atoms with Gasteiger partial charge in [-0.3, -0.25) is 0 Å². The summed E-state index contributed by atoms with van der Waals surface area (Å²) in [6.45, 7) is 0.